The van der Waals surface area contributed by atoms with E-state index in [1.165, 1.54) is 70.3 Å². The Bertz CT molecular complexity index is 324. The van der Waals surface area contributed by atoms with E-state index < -0.39 is 0 Å². The molecule has 3 heteroatoms. The molecule has 0 spiro atoms. The number of carbonyl (C=O) groups excluding carboxylic acids is 1. The van der Waals surface area contributed by atoms with Crippen molar-refractivity contribution in [2.45, 2.75) is 103 Å². The highest BCUT2D eigenvalue weighted by molar-refractivity contribution is 5.81. The maximum absolute atomic E-state index is 11.6. The Hall–Kier alpha value is -0.830. The fraction of sp³-hybridized carbons (Fsp3) is 0.850. The van der Waals surface area contributed by atoms with Crippen LogP contribution < -0.4 is 5.32 Å². The van der Waals surface area contributed by atoms with Crippen molar-refractivity contribution in [3.63, 3.8) is 0 Å². The number of esters is 1. The van der Waals surface area contributed by atoms with Gasteiger partial charge >= 0.3 is 5.97 Å². The highest BCUT2D eigenvalue weighted by atomic mass is 16.6. The lowest BCUT2D eigenvalue weighted by molar-refractivity contribution is -0.145. The monoisotopic (exact) mass is 323 g/mol. The smallest absolute Gasteiger partial charge is 0.331 e. The lowest BCUT2D eigenvalue weighted by Crippen LogP contribution is -2.45. The van der Waals surface area contributed by atoms with Crippen LogP contribution in [0, 0.1) is 5.92 Å². The van der Waals surface area contributed by atoms with Gasteiger partial charge < -0.3 is 4.74 Å². The van der Waals surface area contributed by atoms with Crippen LogP contribution in [-0.2, 0) is 9.53 Å². The third kappa shape index (κ3) is 8.55. The molecule has 0 bridgehead atoms. The van der Waals surface area contributed by atoms with Crippen molar-refractivity contribution in [1.29, 1.82) is 0 Å². The molecule has 0 aromatic rings. The van der Waals surface area contributed by atoms with Gasteiger partial charge in [0, 0.05) is 12.1 Å². The number of ether oxygens (including phenoxy) is 1. The molecule has 3 nitrogen and oxygen atoms in total. The molecular weight excluding hydrogens is 286 g/mol. The van der Waals surface area contributed by atoms with Crippen LogP contribution in [0.1, 0.15) is 90.9 Å². The molecule has 23 heavy (non-hydrogen) atoms. The largest absolute Gasteiger partial charge is 0.443 e. The third-order valence-electron chi connectivity index (χ3n) is 4.98. The van der Waals surface area contributed by atoms with Crippen LogP contribution in [-0.4, -0.2) is 18.2 Å². The van der Waals surface area contributed by atoms with Crippen LogP contribution in [0.25, 0.3) is 0 Å². The maximum Gasteiger partial charge on any atom is 0.331 e. The Kier molecular flexibility index (Phi) is 11.1. The van der Waals surface area contributed by atoms with Gasteiger partial charge in [-0.3, -0.25) is 5.32 Å². The first-order valence-corrected chi connectivity index (χ1v) is 9.80. The summed E-state index contributed by atoms with van der Waals surface area (Å²) in [6, 6.07) is 0.486. The van der Waals surface area contributed by atoms with Gasteiger partial charge in [-0.1, -0.05) is 65.4 Å². The van der Waals surface area contributed by atoms with E-state index in [2.05, 4.69) is 25.7 Å². The summed E-state index contributed by atoms with van der Waals surface area (Å²) in [6.07, 6.45) is 15.9. The zero-order valence-corrected chi connectivity index (χ0v) is 15.3. The highest BCUT2D eigenvalue weighted by Gasteiger charge is 2.26. The van der Waals surface area contributed by atoms with Gasteiger partial charge in [-0.15, -0.1) is 0 Å². The Morgan fingerprint density at radius 1 is 1.13 bits per heavy atom. The van der Waals surface area contributed by atoms with Gasteiger partial charge in [0.2, 0.25) is 0 Å². The molecule has 0 amide bonds. The average Bonchev–Trinajstić information content (AvgIpc) is 2.59. The molecular formula is C20H37NO2. The number of carbonyl (C=O) groups is 1. The summed E-state index contributed by atoms with van der Waals surface area (Å²) < 4.78 is 5.58. The quantitative estimate of drug-likeness (QED) is 0.228. The predicted octanol–water partition coefficient (Wildman–Crippen LogP) is 5.35. The summed E-state index contributed by atoms with van der Waals surface area (Å²) in [5.74, 6) is 0.434. The highest BCUT2D eigenvalue weighted by Crippen LogP contribution is 2.29. The number of hydrogen-bond acceptors (Lipinski definition) is 3. The zero-order chi connectivity index (χ0) is 16.9. The zero-order valence-electron chi connectivity index (χ0n) is 15.3. The predicted molar refractivity (Wildman–Crippen MR) is 97.2 cm³/mol. The first kappa shape index (κ1) is 20.2. The molecule has 0 aromatic heterocycles. The summed E-state index contributed by atoms with van der Waals surface area (Å²) in [7, 11) is 0. The van der Waals surface area contributed by atoms with E-state index in [1.807, 2.05) is 0 Å². The molecule has 0 aromatic carbocycles. The van der Waals surface area contributed by atoms with E-state index in [9.17, 15) is 4.79 Å². The van der Waals surface area contributed by atoms with Crippen molar-refractivity contribution in [3.05, 3.63) is 12.7 Å². The molecule has 0 saturated heterocycles. The van der Waals surface area contributed by atoms with Crippen LogP contribution >= 0.6 is 0 Å². The van der Waals surface area contributed by atoms with Crippen LogP contribution in [0.4, 0.5) is 0 Å². The summed E-state index contributed by atoms with van der Waals surface area (Å²) in [6.45, 7) is 7.97. The van der Waals surface area contributed by atoms with E-state index in [0.717, 1.165) is 18.8 Å². The topological polar surface area (TPSA) is 38.3 Å². The van der Waals surface area contributed by atoms with Gasteiger partial charge in [0.25, 0.3) is 0 Å². The Morgan fingerprint density at radius 3 is 2.43 bits per heavy atom. The van der Waals surface area contributed by atoms with Crippen molar-refractivity contribution in [1.82, 2.24) is 5.32 Å². The van der Waals surface area contributed by atoms with Gasteiger partial charge in [0.15, 0.2) is 6.23 Å². The third-order valence-corrected chi connectivity index (χ3v) is 4.98. The van der Waals surface area contributed by atoms with E-state index in [-0.39, 0.29) is 12.2 Å². The normalized spacial score (nSPS) is 18.3. The van der Waals surface area contributed by atoms with Crippen LogP contribution in [0.2, 0.25) is 0 Å². The number of hydrogen-bond donors (Lipinski definition) is 1. The van der Waals surface area contributed by atoms with E-state index >= 15 is 0 Å². The first-order chi connectivity index (χ1) is 11.2. The first-order valence-electron chi connectivity index (χ1n) is 9.80. The molecule has 1 aliphatic carbocycles. The van der Waals surface area contributed by atoms with Crippen LogP contribution in [0.15, 0.2) is 12.7 Å². The maximum atomic E-state index is 11.6. The molecule has 1 N–H and O–H groups in total. The molecule has 0 radical (unpaired) electrons. The molecule has 1 rings (SSSR count). The molecule has 0 aliphatic heterocycles. The Labute approximate surface area is 143 Å². The number of nitrogens with one attached hydrogen (secondary N) is 1. The lowest BCUT2D eigenvalue weighted by atomic mass is 9.82. The van der Waals surface area contributed by atoms with Gasteiger partial charge in [0.1, 0.15) is 0 Å². The number of rotatable bonds is 12. The summed E-state index contributed by atoms with van der Waals surface area (Å²) in [5.41, 5.74) is 0. The van der Waals surface area contributed by atoms with Gasteiger partial charge in [-0.2, -0.15) is 0 Å². The average molecular weight is 324 g/mol. The van der Waals surface area contributed by atoms with Gasteiger partial charge in [-0.25, -0.2) is 4.79 Å². The molecule has 0 heterocycles. The fourth-order valence-corrected chi connectivity index (χ4v) is 3.60. The van der Waals surface area contributed by atoms with Crippen molar-refractivity contribution >= 4 is 5.97 Å². The summed E-state index contributed by atoms with van der Waals surface area (Å²) in [4.78, 5) is 11.6. The fourth-order valence-electron chi connectivity index (χ4n) is 3.60. The summed E-state index contributed by atoms with van der Waals surface area (Å²) in [5, 5.41) is 3.69. The van der Waals surface area contributed by atoms with Crippen molar-refractivity contribution in [2.24, 2.45) is 5.92 Å². The molecule has 1 fully saturated rings. The Morgan fingerprint density at radius 2 is 1.83 bits per heavy atom. The Balaban J connectivity index is 2.62. The van der Waals surface area contributed by atoms with Crippen molar-refractivity contribution < 1.29 is 9.53 Å². The minimum absolute atomic E-state index is 0.157. The van der Waals surface area contributed by atoms with Crippen molar-refractivity contribution in [2.75, 3.05) is 0 Å². The summed E-state index contributed by atoms with van der Waals surface area (Å²) >= 11 is 0. The molecule has 2 atom stereocenters. The van der Waals surface area contributed by atoms with Gasteiger partial charge in [0.05, 0.1) is 0 Å². The van der Waals surface area contributed by atoms with E-state index in [4.69, 9.17) is 4.74 Å². The molecule has 2 unspecified atom stereocenters. The molecule has 134 valence electrons. The van der Waals surface area contributed by atoms with Gasteiger partial charge in [-0.05, 0) is 38.0 Å². The number of unbranched alkanes of at least 4 members (excludes halogenated alkanes) is 3. The minimum atomic E-state index is -0.308. The second kappa shape index (κ2) is 12.6. The standard InChI is InChI=1S/C20H37NO2/c1-4-7-10-16-19(23-20(22)6-3)21-18(15-8-5-2)17-13-11-9-12-14-17/h6,17-19,21H,3-5,7-16H2,1-2H3. The molecule has 1 saturated carbocycles. The van der Waals surface area contributed by atoms with Crippen LogP contribution in [0.3, 0.4) is 0 Å². The molecule has 1 aliphatic rings. The van der Waals surface area contributed by atoms with Crippen molar-refractivity contribution in [3.8, 4) is 0 Å². The van der Waals surface area contributed by atoms with E-state index in [1.54, 1.807) is 0 Å². The second-order valence-corrected chi connectivity index (χ2v) is 6.94. The lowest BCUT2D eigenvalue weighted by Gasteiger charge is -2.34. The van der Waals surface area contributed by atoms with Crippen LogP contribution in [0.5, 0.6) is 0 Å². The van der Waals surface area contributed by atoms with E-state index in [0.29, 0.717) is 6.04 Å². The SMILES string of the molecule is C=CC(=O)OC(CCCCC)NC(CCCC)C1CCCCC1. The minimum Gasteiger partial charge on any atom is -0.443 e. The second-order valence-electron chi connectivity index (χ2n) is 6.94.